The van der Waals surface area contributed by atoms with Crippen molar-refractivity contribution < 1.29 is 9.53 Å². The number of nitrogens with zero attached hydrogens (tertiary/aromatic N) is 2. The molecule has 0 aliphatic carbocycles. The van der Waals surface area contributed by atoms with Gasteiger partial charge < -0.3 is 14.5 Å². The van der Waals surface area contributed by atoms with E-state index in [0.29, 0.717) is 17.0 Å². The van der Waals surface area contributed by atoms with Gasteiger partial charge in [0.2, 0.25) is 5.91 Å². The molecule has 0 radical (unpaired) electrons. The van der Waals surface area contributed by atoms with Crippen LogP contribution < -0.4 is 15.6 Å². The van der Waals surface area contributed by atoms with Gasteiger partial charge in [-0.15, -0.1) is 0 Å². The van der Waals surface area contributed by atoms with Crippen LogP contribution in [0.2, 0.25) is 0 Å². The molecule has 3 rings (SSSR count). The van der Waals surface area contributed by atoms with E-state index < -0.39 is 0 Å². The second kappa shape index (κ2) is 9.48. The van der Waals surface area contributed by atoms with E-state index in [-0.39, 0.29) is 24.1 Å². The van der Waals surface area contributed by atoms with Crippen LogP contribution in [0.25, 0.3) is 22.9 Å². The van der Waals surface area contributed by atoms with Crippen molar-refractivity contribution in [2.75, 3.05) is 7.11 Å². The van der Waals surface area contributed by atoms with E-state index in [1.54, 1.807) is 7.11 Å². The lowest BCUT2D eigenvalue weighted by Gasteiger charge is -2.16. The molecule has 1 N–H and O–H groups in total. The molecule has 0 aliphatic rings. The molecule has 0 saturated carbocycles. The number of carbonyl (C=O) groups excluding carboxylic acids is 1. The zero-order valence-electron chi connectivity index (χ0n) is 18.0. The first kappa shape index (κ1) is 21.4. The zero-order valence-corrected chi connectivity index (χ0v) is 18.0. The topological polar surface area (TPSA) is 64.7 Å². The lowest BCUT2D eigenvalue weighted by Crippen LogP contribution is -2.36. The molecule has 1 amide bonds. The number of aromatic nitrogens is 2. The van der Waals surface area contributed by atoms with Gasteiger partial charge in [0.1, 0.15) is 17.8 Å². The Labute approximate surface area is 176 Å². The monoisotopic (exact) mass is 407 g/mol. The number of allylic oxidation sites excluding steroid dienone is 1. The molecule has 0 fully saturated rings. The molecule has 1 aromatic carbocycles. The summed E-state index contributed by atoms with van der Waals surface area (Å²) in [4.78, 5) is 25.8. The molecule has 0 bridgehead atoms. The van der Waals surface area contributed by atoms with Crippen LogP contribution >= 0.6 is 0 Å². The maximum absolute atomic E-state index is 13.3. The van der Waals surface area contributed by atoms with Gasteiger partial charge in [0.25, 0.3) is 5.56 Å². The van der Waals surface area contributed by atoms with Crippen LogP contribution in [0.4, 0.5) is 0 Å². The first-order valence-electron chi connectivity index (χ1n) is 10.3. The fourth-order valence-electron chi connectivity index (χ4n) is 3.39. The Bertz CT molecular complexity index is 1120. The summed E-state index contributed by atoms with van der Waals surface area (Å²) in [6.07, 6.45) is 10.0. The van der Waals surface area contributed by atoms with Gasteiger partial charge in [-0.05, 0) is 44.0 Å². The Morgan fingerprint density at radius 2 is 2.03 bits per heavy atom. The van der Waals surface area contributed by atoms with Crippen molar-refractivity contribution >= 4 is 17.5 Å². The van der Waals surface area contributed by atoms with Crippen molar-refractivity contribution in [3.63, 3.8) is 0 Å². The van der Waals surface area contributed by atoms with Gasteiger partial charge in [-0.3, -0.25) is 14.2 Å². The highest BCUT2D eigenvalue weighted by atomic mass is 16.5. The van der Waals surface area contributed by atoms with Crippen LogP contribution in [-0.2, 0) is 11.3 Å². The third-order valence-corrected chi connectivity index (χ3v) is 4.77. The van der Waals surface area contributed by atoms with Crippen molar-refractivity contribution in [3.8, 4) is 17.0 Å². The van der Waals surface area contributed by atoms with Crippen LogP contribution in [0.3, 0.4) is 0 Å². The average Bonchev–Trinajstić information content (AvgIpc) is 3.13. The number of hydrogen-bond acceptors (Lipinski definition) is 3. The second-order valence-corrected chi connectivity index (χ2v) is 7.62. The molecule has 0 unspecified atom stereocenters. The van der Waals surface area contributed by atoms with Gasteiger partial charge in [0.05, 0.1) is 12.8 Å². The van der Waals surface area contributed by atoms with Crippen molar-refractivity contribution in [1.29, 1.82) is 0 Å². The third-order valence-electron chi connectivity index (χ3n) is 4.77. The summed E-state index contributed by atoms with van der Waals surface area (Å²) in [5.74, 6) is 0.490. The highest BCUT2D eigenvalue weighted by molar-refractivity contribution is 5.77. The number of benzene rings is 1. The van der Waals surface area contributed by atoms with E-state index in [1.165, 1.54) is 4.57 Å². The number of amides is 1. The summed E-state index contributed by atoms with van der Waals surface area (Å²) < 4.78 is 8.71. The van der Waals surface area contributed by atoms with E-state index in [2.05, 4.69) is 18.3 Å². The molecule has 30 heavy (non-hydrogen) atoms. The number of ether oxygens (including phenoxy) is 1. The Morgan fingerprint density at radius 3 is 2.73 bits per heavy atom. The standard InChI is InChI=1S/C24H29N3O3/c1-5-6-7-9-18-12-21-24(29)27(16-23(28)25-17(2)3)22(15-26(21)14-18)19-10-8-11-20(13-19)30-4/h7-15,17H,5-6,16H2,1-4H3,(H,25,28)/b9-7-. The molecule has 6 nitrogen and oxygen atoms in total. The van der Waals surface area contributed by atoms with Gasteiger partial charge in [0, 0.05) is 24.0 Å². The summed E-state index contributed by atoms with van der Waals surface area (Å²) >= 11 is 0. The average molecular weight is 408 g/mol. The molecule has 0 aliphatic heterocycles. The van der Waals surface area contributed by atoms with Crippen LogP contribution in [0.5, 0.6) is 5.75 Å². The van der Waals surface area contributed by atoms with Gasteiger partial charge in [-0.2, -0.15) is 0 Å². The van der Waals surface area contributed by atoms with Crippen molar-refractivity contribution in [3.05, 3.63) is 64.7 Å². The second-order valence-electron chi connectivity index (χ2n) is 7.62. The minimum atomic E-state index is -0.204. The van der Waals surface area contributed by atoms with Crippen LogP contribution in [0.1, 0.15) is 39.2 Å². The quantitative estimate of drug-likeness (QED) is 0.611. The molecule has 0 saturated heterocycles. The van der Waals surface area contributed by atoms with Crippen LogP contribution in [0, 0.1) is 0 Å². The molecule has 2 aromatic heterocycles. The minimum Gasteiger partial charge on any atom is -0.497 e. The number of fused-ring (bicyclic) bond motifs is 1. The first-order valence-corrected chi connectivity index (χ1v) is 10.3. The van der Waals surface area contributed by atoms with Crippen molar-refractivity contribution in [2.24, 2.45) is 0 Å². The zero-order chi connectivity index (χ0) is 21.7. The molecule has 0 spiro atoms. The Morgan fingerprint density at radius 1 is 1.23 bits per heavy atom. The molecule has 2 heterocycles. The summed E-state index contributed by atoms with van der Waals surface area (Å²) in [5.41, 5.74) is 2.76. The van der Waals surface area contributed by atoms with E-state index in [9.17, 15) is 9.59 Å². The summed E-state index contributed by atoms with van der Waals surface area (Å²) in [6, 6.07) is 9.36. The molecule has 0 atom stereocenters. The normalized spacial score (nSPS) is 11.5. The fraction of sp³-hybridized carbons (Fsp3) is 0.333. The summed E-state index contributed by atoms with van der Waals surface area (Å²) in [6.45, 7) is 5.87. The SMILES string of the molecule is CCC/C=C\c1cc2c(=O)n(CC(=O)NC(C)C)c(-c3cccc(OC)c3)cn2c1. The number of hydrogen-bond donors (Lipinski definition) is 1. The van der Waals surface area contributed by atoms with Gasteiger partial charge >= 0.3 is 0 Å². The van der Waals surface area contributed by atoms with Crippen LogP contribution in [-0.4, -0.2) is 28.0 Å². The fourth-order valence-corrected chi connectivity index (χ4v) is 3.39. The summed E-state index contributed by atoms with van der Waals surface area (Å²) in [7, 11) is 1.60. The smallest absolute Gasteiger partial charge is 0.275 e. The van der Waals surface area contributed by atoms with Crippen molar-refractivity contribution in [2.45, 2.75) is 46.2 Å². The van der Waals surface area contributed by atoms with Gasteiger partial charge in [-0.25, -0.2) is 0 Å². The number of rotatable bonds is 8. The number of carbonyl (C=O) groups is 1. The molecule has 3 aromatic rings. The van der Waals surface area contributed by atoms with E-state index >= 15 is 0 Å². The van der Waals surface area contributed by atoms with Crippen molar-refractivity contribution in [1.82, 2.24) is 14.3 Å². The van der Waals surface area contributed by atoms with E-state index in [4.69, 9.17) is 4.74 Å². The Balaban J connectivity index is 2.16. The Kier molecular flexibility index (Phi) is 6.77. The number of methoxy groups -OCH3 is 1. The predicted molar refractivity (Wildman–Crippen MR) is 121 cm³/mol. The molecular formula is C24H29N3O3. The first-order chi connectivity index (χ1) is 14.4. The maximum Gasteiger partial charge on any atom is 0.275 e. The highest BCUT2D eigenvalue weighted by Crippen LogP contribution is 2.24. The lowest BCUT2D eigenvalue weighted by molar-refractivity contribution is -0.122. The molecule has 158 valence electrons. The maximum atomic E-state index is 13.3. The lowest BCUT2D eigenvalue weighted by atomic mass is 10.1. The molecular weight excluding hydrogens is 378 g/mol. The third kappa shape index (κ3) is 4.82. The predicted octanol–water partition coefficient (Wildman–Crippen LogP) is 4.11. The molecule has 6 heteroatoms. The number of nitrogens with one attached hydrogen (secondary N) is 1. The highest BCUT2D eigenvalue weighted by Gasteiger charge is 2.16. The number of unbranched alkanes of at least 4 members (excludes halogenated alkanes) is 1. The van der Waals surface area contributed by atoms with Gasteiger partial charge in [-0.1, -0.05) is 37.6 Å². The summed E-state index contributed by atoms with van der Waals surface area (Å²) in [5, 5.41) is 2.87. The Hall–Kier alpha value is -3.28. The van der Waals surface area contributed by atoms with E-state index in [1.807, 2.05) is 67.0 Å². The van der Waals surface area contributed by atoms with Crippen LogP contribution in [0.15, 0.2) is 53.6 Å². The largest absolute Gasteiger partial charge is 0.497 e. The van der Waals surface area contributed by atoms with E-state index in [0.717, 1.165) is 24.0 Å². The van der Waals surface area contributed by atoms with Gasteiger partial charge in [0.15, 0.2) is 0 Å². The minimum absolute atomic E-state index is 0.000748.